The molecule has 1 heterocycles. The van der Waals surface area contributed by atoms with Crippen LogP contribution in [0.25, 0.3) is 21.9 Å². The zero-order valence-electron chi connectivity index (χ0n) is 19.4. The Labute approximate surface area is 210 Å². The van der Waals surface area contributed by atoms with Crippen molar-refractivity contribution in [2.45, 2.75) is 0 Å². The van der Waals surface area contributed by atoms with Crippen LogP contribution in [0.15, 0.2) is 84.9 Å². The summed E-state index contributed by atoms with van der Waals surface area (Å²) >= 11 is 6.36. The molecule has 0 spiro atoms. The molecule has 1 fully saturated rings. The minimum Gasteiger partial charge on any atom is -0.492 e. The third-order valence-corrected chi connectivity index (χ3v) is 6.54. The molecule has 0 saturated carbocycles. The number of hydrogen-bond acceptors (Lipinski definition) is 4. The summed E-state index contributed by atoms with van der Waals surface area (Å²) in [5.74, 6) is 0.637. The Kier molecular flexibility index (Phi) is 7.28. The van der Waals surface area contributed by atoms with Crippen molar-refractivity contribution >= 4 is 34.0 Å². The summed E-state index contributed by atoms with van der Waals surface area (Å²) in [6, 6.07) is 26.9. The van der Waals surface area contributed by atoms with Crippen molar-refractivity contribution in [1.29, 1.82) is 0 Å². The second-order valence-electron chi connectivity index (χ2n) is 8.47. The van der Waals surface area contributed by atoms with Gasteiger partial charge >= 0.3 is 0 Å². The number of ether oxygens (including phenoxy) is 2. The zero-order chi connectivity index (χ0) is 24.0. The molecule has 5 nitrogen and oxygen atoms in total. The summed E-state index contributed by atoms with van der Waals surface area (Å²) in [6.45, 7) is 4.89. The van der Waals surface area contributed by atoms with E-state index in [-0.39, 0.29) is 5.91 Å². The van der Waals surface area contributed by atoms with E-state index in [4.69, 9.17) is 21.1 Å². The molecule has 0 atom stereocenters. The quantitative estimate of drug-likeness (QED) is 0.341. The highest BCUT2D eigenvalue weighted by atomic mass is 35.5. The average Bonchev–Trinajstić information content (AvgIpc) is 2.91. The Hall–Kier alpha value is -3.38. The molecule has 5 rings (SSSR count). The number of anilines is 1. The van der Waals surface area contributed by atoms with Crippen LogP contribution in [0, 0.1) is 0 Å². The minimum atomic E-state index is -0.176. The van der Waals surface area contributed by atoms with Gasteiger partial charge in [0.05, 0.1) is 13.2 Å². The number of fused-ring (bicyclic) bond motifs is 1. The predicted molar refractivity (Wildman–Crippen MR) is 142 cm³/mol. The third-order valence-electron chi connectivity index (χ3n) is 6.21. The molecule has 1 saturated heterocycles. The van der Waals surface area contributed by atoms with Crippen LogP contribution in [0.5, 0.6) is 5.75 Å². The van der Waals surface area contributed by atoms with Gasteiger partial charge in [-0.25, -0.2) is 0 Å². The predicted octanol–water partition coefficient (Wildman–Crippen LogP) is 6.12. The monoisotopic (exact) mass is 486 g/mol. The molecule has 0 aliphatic carbocycles. The van der Waals surface area contributed by atoms with Crippen molar-refractivity contribution in [2.75, 3.05) is 44.8 Å². The van der Waals surface area contributed by atoms with Gasteiger partial charge in [-0.3, -0.25) is 9.69 Å². The first-order chi connectivity index (χ1) is 17.2. The van der Waals surface area contributed by atoms with Gasteiger partial charge in [0.15, 0.2) is 0 Å². The zero-order valence-corrected chi connectivity index (χ0v) is 20.1. The van der Waals surface area contributed by atoms with Gasteiger partial charge in [-0.2, -0.15) is 0 Å². The second kappa shape index (κ2) is 10.9. The minimum absolute atomic E-state index is 0.176. The topological polar surface area (TPSA) is 50.8 Å². The van der Waals surface area contributed by atoms with Crippen molar-refractivity contribution in [3.63, 3.8) is 0 Å². The van der Waals surface area contributed by atoms with Gasteiger partial charge in [-0.05, 0) is 35.9 Å². The summed E-state index contributed by atoms with van der Waals surface area (Å²) in [7, 11) is 0. The maximum Gasteiger partial charge on any atom is 0.255 e. The van der Waals surface area contributed by atoms with Crippen LogP contribution in [0.3, 0.4) is 0 Å². The molecule has 0 bridgehead atoms. The average molecular weight is 487 g/mol. The first kappa shape index (κ1) is 23.4. The maximum atomic E-state index is 13.2. The first-order valence-corrected chi connectivity index (χ1v) is 12.2. The van der Waals surface area contributed by atoms with Gasteiger partial charge in [0.2, 0.25) is 0 Å². The summed E-state index contributed by atoms with van der Waals surface area (Å²) in [5, 5.41) is 5.64. The molecule has 0 radical (unpaired) electrons. The van der Waals surface area contributed by atoms with Crippen molar-refractivity contribution in [3.05, 3.63) is 95.5 Å². The van der Waals surface area contributed by atoms with Crippen molar-refractivity contribution in [1.82, 2.24) is 4.90 Å². The number of nitrogens with one attached hydrogen (secondary N) is 1. The number of morpholine rings is 1. The number of amides is 1. The Morgan fingerprint density at radius 1 is 0.914 bits per heavy atom. The van der Waals surface area contributed by atoms with E-state index in [0.29, 0.717) is 17.2 Å². The summed E-state index contributed by atoms with van der Waals surface area (Å²) in [5.41, 5.74) is 3.11. The van der Waals surface area contributed by atoms with E-state index in [1.165, 1.54) is 0 Å². The van der Waals surface area contributed by atoms with E-state index < -0.39 is 0 Å². The number of carbonyl (C=O) groups excluding carboxylic acids is 1. The van der Waals surface area contributed by atoms with E-state index in [1.807, 2.05) is 78.9 Å². The molecule has 1 N–H and O–H groups in total. The van der Waals surface area contributed by atoms with Crippen LogP contribution in [0.1, 0.15) is 10.4 Å². The number of rotatable bonds is 7. The number of benzene rings is 4. The summed E-state index contributed by atoms with van der Waals surface area (Å²) < 4.78 is 11.5. The fraction of sp³-hybridized carbons (Fsp3) is 0.207. The van der Waals surface area contributed by atoms with E-state index >= 15 is 0 Å². The first-order valence-electron chi connectivity index (χ1n) is 11.8. The molecular weight excluding hydrogens is 460 g/mol. The molecular formula is C29H27ClN2O3. The third kappa shape index (κ3) is 5.49. The fourth-order valence-electron chi connectivity index (χ4n) is 4.33. The Morgan fingerprint density at radius 2 is 1.69 bits per heavy atom. The van der Waals surface area contributed by atoms with E-state index in [9.17, 15) is 4.79 Å². The largest absolute Gasteiger partial charge is 0.492 e. The highest BCUT2D eigenvalue weighted by Gasteiger charge is 2.14. The Bertz CT molecular complexity index is 1330. The maximum absolute atomic E-state index is 13.2. The number of carbonyl (C=O) groups is 1. The second-order valence-corrected chi connectivity index (χ2v) is 8.88. The number of hydrogen-bond donors (Lipinski definition) is 1. The van der Waals surface area contributed by atoms with Crippen LogP contribution in [0.2, 0.25) is 5.02 Å². The summed E-state index contributed by atoms with van der Waals surface area (Å²) in [6.07, 6.45) is 0. The lowest BCUT2D eigenvalue weighted by atomic mass is 10.0. The highest BCUT2D eigenvalue weighted by molar-refractivity contribution is 6.33. The Morgan fingerprint density at radius 3 is 2.51 bits per heavy atom. The molecule has 178 valence electrons. The van der Waals surface area contributed by atoms with E-state index in [1.54, 1.807) is 6.07 Å². The van der Waals surface area contributed by atoms with Crippen molar-refractivity contribution in [2.24, 2.45) is 0 Å². The summed E-state index contributed by atoms with van der Waals surface area (Å²) in [4.78, 5) is 15.5. The van der Waals surface area contributed by atoms with Gasteiger partial charge in [0.25, 0.3) is 5.91 Å². The molecule has 4 aromatic carbocycles. The Balaban J connectivity index is 1.33. The normalized spacial score (nSPS) is 14.1. The molecule has 1 aliphatic rings. The van der Waals surface area contributed by atoms with Gasteiger partial charge < -0.3 is 14.8 Å². The van der Waals surface area contributed by atoms with E-state index in [2.05, 4.69) is 10.2 Å². The fourth-order valence-corrected chi connectivity index (χ4v) is 4.58. The molecule has 0 aromatic heterocycles. The van der Waals surface area contributed by atoms with Gasteiger partial charge in [0.1, 0.15) is 12.4 Å². The molecule has 1 aliphatic heterocycles. The number of halogens is 1. The molecule has 4 aromatic rings. The molecule has 35 heavy (non-hydrogen) atoms. The highest BCUT2D eigenvalue weighted by Crippen LogP contribution is 2.32. The SMILES string of the molecule is O=C(Nc1ccc(OCCN2CCOCC2)c2ccccc12)c1cccc(-c2ccccc2Cl)c1. The number of nitrogens with zero attached hydrogens (tertiary/aromatic N) is 1. The van der Waals surface area contributed by atoms with Gasteiger partial charge in [0, 0.05) is 52.2 Å². The lowest BCUT2D eigenvalue weighted by Crippen LogP contribution is -2.38. The van der Waals surface area contributed by atoms with Crippen LogP contribution in [-0.4, -0.2) is 50.3 Å². The lowest BCUT2D eigenvalue weighted by molar-refractivity contribution is 0.0323. The van der Waals surface area contributed by atoms with Crippen molar-refractivity contribution < 1.29 is 14.3 Å². The van der Waals surface area contributed by atoms with Crippen LogP contribution in [-0.2, 0) is 4.74 Å². The van der Waals surface area contributed by atoms with Crippen LogP contribution < -0.4 is 10.1 Å². The molecule has 6 heteroatoms. The standard InChI is InChI=1S/C29H27ClN2O3/c30-26-11-4-3-8-23(26)21-6-5-7-22(20-21)29(33)31-27-12-13-28(25-10-2-1-9-24(25)27)35-19-16-32-14-17-34-18-15-32/h1-13,20H,14-19H2,(H,31,33). The van der Waals surface area contributed by atoms with Gasteiger partial charge in [-0.1, -0.05) is 66.2 Å². The van der Waals surface area contributed by atoms with Crippen LogP contribution in [0.4, 0.5) is 5.69 Å². The molecule has 1 amide bonds. The molecule has 0 unspecified atom stereocenters. The van der Waals surface area contributed by atoms with Crippen LogP contribution >= 0.6 is 11.6 Å². The lowest BCUT2D eigenvalue weighted by Gasteiger charge is -2.26. The van der Waals surface area contributed by atoms with E-state index in [0.717, 1.165) is 66.2 Å². The van der Waals surface area contributed by atoms with Crippen molar-refractivity contribution in [3.8, 4) is 16.9 Å². The smallest absolute Gasteiger partial charge is 0.255 e. The van der Waals surface area contributed by atoms with Gasteiger partial charge in [-0.15, -0.1) is 0 Å².